The smallest absolute Gasteiger partial charge is 0.155 e. The van der Waals surface area contributed by atoms with E-state index >= 15 is 0 Å². The van der Waals surface area contributed by atoms with Crippen molar-refractivity contribution >= 4 is 79.9 Å². The lowest BCUT2D eigenvalue weighted by atomic mass is 10.1. The number of hydrogen-bond donors (Lipinski definition) is 0. The molecule has 1 aromatic heterocycles. The zero-order chi connectivity index (χ0) is 13.0. The highest BCUT2D eigenvalue weighted by Gasteiger charge is 2.18. The van der Waals surface area contributed by atoms with Gasteiger partial charge in [0, 0.05) is 16.8 Å². The molecule has 0 amide bonds. The van der Waals surface area contributed by atoms with Gasteiger partial charge in [-0.1, -0.05) is 58.0 Å². The van der Waals surface area contributed by atoms with Gasteiger partial charge in [0.1, 0.15) is 10.6 Å². The predicted octanol–water partition coefficient (Wildman–Crippen LogP) is 6.85. The average Bonchev–Trinajstić information content (AvgIpc) is 2.70. The van der Waals surface area contributed by atoms with Crippen LogP contribution in [0.15, 0.2) is 22.6 Å². The number of hydrogen-bond acceptors (Lipinski definition) is 1. The van der Waals surface area contributed by atoms with E-state index in [1.165, 1.54) is 0 Å². The van der Waals surface area contributed by atoms with E-state index in [1.54, 1.807) is 18.2 Å². The average molecular weight is 340 g/mol. The normalized spacial score (nSPS) is 11.6. The van der Waals surface area contributed by atoms with Gasteiger partial charge in [0.25, 0.3) is 0 Å². The van der Waals surface area contributed by atoms with Crippen LogP contribution in [0.4, 0.5) is 0 Å². The van der Waals surface area contributed by atoms with Gasteiger partial charge >= 0.3 is 0 Å². The van der Waals surface area contributed by atoms with Gasteiger partial charge < -0.3 is 4.42 Å². The summed E-state index contributed by atoms with van der Waals surface area (Å²) in [5, 5.41) is 3.15. The lowest BCUT2D eigenvalue weighted by molar-refractivity contribution is 0.669. The van der Waals surface area contributed by atoms with Crippen molar-refractivity contribution in [3.8, 4) is 0 Å². The van der Waals surface area contributed by atoms with Crippen LogP contribution < -0.4 is 0 Å². The Morgan fingerprint density at radius 3 is 2.22 bits per heavy atom. The number of halogens is 5. The van der Waals surface area contributed by atoms with E-state index in [9.17, 15) is 0 Å². The Balaban J connectivity index is 2.60. The molecule has 1 heterocycles. The molecule has 0 unspecified atom stereocenters. The molecule has 92 valence electrons. The molecule has 0 spiro atoms. The summed E-state index contributed by atoms with van der Waals surface area (Å²) in [5.41, 5.74) is 0.993. The van der Waals surface area contributed by atoms with Crippen LogP contribution in [-0.2, 0) is 0 Å². The van der Waals surface area contributed by atoms with Crippen molar-refractivity contribution in [3.05, 3.63) is 43.3 Å². The molecule has 0 aliphatic heterocycles. The Kier molecular flexibility index (Phi) is 3.08. The first-order chi connectivity index (χ1) is 8.50. The third-order valence-electron chi connectivity index (χ3n) is 2.66. The van der Waals surface area contributed by atoms with Gasteiger partial charge in [-0.2, -0.15) is 0 Å². The van der Waals surface area contributed by atoms with E-state index in [-0.39, 0.29) is 0 Å². The lowest BCUT2D eigenvalue weighted by Crippen LogP contribution is -1.75. The standard InChI is InChI=1S/C12H3Cl5O/c13-5-2-1-4-8-7(18-12(4)10(5)16)3-6(14)9(15)11(8)17/h1-3H. The van der Waals surface area contributed by atoms with Crippen LogP contribution in [0.1, 0.15) is 0 Å². The second kappa shape index (κ2) is 4.36. The summed E-state index contributed by atoms with van der Waals surface area (Å²) in [5.74, 6) is 0. The predicted molar refractivity (Wildman–Crippen MR) is 78.8 cm³/mol. The quantitative estimate of drug-likeness (QED) is 0.408. The Hall–Kier alpha value is -0.310. The zero-order valence-corrected chi connectivity index (χ0v) is 12.3. The second-order valence-corrected chi connectivity index (χ2v) is 5.65. The van der Waals surface area contributed by atoms with Crippen LogP contribution >= 0.6 is 58.0 Å². The van der Waals surface area contributed by atoms with Gasteiger partial charge in [0.15, 0.2) is 5.58 Å². The van der Waals surface area contributed by atoms with Crippen molar-refractivity contribution in [3.63, 3.8) is 0 Å². The molecular formula is C12H3Cl5O. The summed E-state index contributed by atoms with van der Waals surface area (Å²) in [6, 6.07) is 5.07. The van der Waals surface area contributed by atoms with Crippen LogP contribution in [0.2, 0.25) is 25.1 Å². The second-order valence-electron chi connectivity index (χ2n) is 3.70. The summed E-state index contributed by atoms with van der Waals surface area (Å²) in [6.07, 6.45) is 0. The Labute approximate surface area is 127 Å². The topological polar surface area (TPSA) is 13.1 Å². The van der Waals surface area contributed by atoms with E-state index < -0.39 is 0 Å². The van der Waals surface area contributed by atoms with E-state index in [2.05, 4.69) is 0 Å². The van der Waals surface area contributed by atoms with Gasteiger partial charge in [0.2, 0.25) is 0 Å². The summed E-state index contributed by atoms with van der Waals surface area (Å²) >= 11 is 30.2. The van der Waals surface area contributed by atoms with Gasteiger partial charge in [-0.25, -0.2) is 0 Å². The molecule has 0 fully saturated rings. The van der Waals surface area contributed by atoms with Crippen molar-refractivity contribution < 1.29 is 4.42 Å². The summed E-state index contributed by atoms with van der Waals surface area (Å²) in [7, 11) is 0. The number of benzene rings is 2. The molecule has 0 bridgehead atoms. The first-order valence-electron chi connectivity index (χ1n) is 4.84. The summed E-state index contributed by atoms with van der Waals surface area (Å²) in [6.45, 7) is 0. The Bertz CT molecular complexity index is 790. The highest BCUT2D eigenvalue weighted by atomic mass is 35.5. The SMILES string of the molecule is Clc1cc2oc3c(Cl)c(Cl)ccc3c2c(Cl)c1Cl. The number of furan rings is 1. The fourth-order valence-electron chi connectivity index (χ4n) is 1.84. The molecule has 18 heavy (non-hydrogen) atoms. The van der Waals surface area contributed by atoms with Gasteiger partial charge in [-0.3, -0.25) is 0 Å². The molecule has 0 radical (unpaired) electrons. The molecule has 0 atom stereocenters. The molecule has 3 aromatic rings. The minimum Gasteiger partial charge on any atom is -0.454 e. The monoisotopic (exact) mass is 338 g/mol. The third kappa shape index (κ3) is 1.70. The summed E-state index contributed by atoms with van der Waals surface area (Å²) < 4.78 is 5.64. The molecule has 0 saturated heterocycles. The fraction of sp³-hybridized carbons (Fsp3) is 0. The molecular weight excluding hydrogens is 337 g/mol. The van der Waals surface area contributed by atoms with Gasteiger partial charge in [-0.15, -0.1) is 0 Å². The van der Waals surface area contributed by atoms with Crippen LogP contribution in [0.25, 0.3) is 21.9 Å². The molecule has 6 heteroatoms. The minimum atomic E-state index is 0.291. The highest BCUT2D eigenvalue weighted by Crippen LogP contribution is 2.44. The fourth-order valence-corrected chi connectivity index (χ4v) is 2.88. The Morgan fingerprint density at radius 1 is 0.778 bits per heavy atom. The maximum atomic E-state index is 6.19. The van der Waals surface area contributed by atoms with Crippen molar-refractivity contribution in [1.29, 1.82) is 0 Å². The van der Waals surface area contributed by atoms with Crippen molar-refractivity contribution in [2.75, 3.05) is 0 Å². The maximum absolute atomic E-state index is 6.19. The van der Waals surface area contributed by atoms with Crippen molar-refractivity contribution in [2.24, 2.45) is 0 Å². The number of rotatable bonds is 0. The zero-order valence-electron chi connectivity index (χ0n) is 8.53. The minimum absolute atomic E-state index is 0.291. The van der Waals surface area contributed by atoms with Gasteiger partial charge in [-0.05, 0) is 12.1 Å². The molecule has 0 aliphatic rings. The van der Waals surface area contributed by atoms with Crippen LogP contribution in [0.3, 0.4) is 0 Å². The first kappa shape index (κ1) is 12.7. The van der Waals surface area contributed by atoms with Crippen LogP contribution in [0.5, 0.6) is 0 Å². The van der Waals surface area contributed by atoms with E-state index in [0.29, 0.717) is 41.7 Å². The molecule has 1 nitrogen and oxygen atoms in total. The van der Waals surface area contributed by atoms with E-state index in [4.69, 9.17) is 62.4 Å². The maximum Gasteiger partial charge on any atom is 0.155 e. The molecule has 0 saturated carbocycles. The first-order valence-corrected chi connectivity index (χ1v) is 6.73. The third-order valence-corrected chi connectivity index (χ3v) is 4.71. The Morgan fingerprint density at radius 2 is 1.50 bits per heavy atom. The van der Waals surface area contributed by atoms with Crippen molar-refractivity contribution in [1.82, 2.24) is 0 Å². The van der Waals surface area contributed by atoms with Crippen LogP contribution in [0, 0.1) is 0 Å². The summed E-state index contributed by atoms with van der Waals surface area (Å²) in [4.78, 5) is 0. The molecule has 2 aromatic carbocycles. The molecule has 0 aliphatic carbocycles. The largest absolute Gasteiger partial charge is 0.454 e. The lowest BCUT2D eigenvalue weighted by Gasteiger charge is -2.00. The molecule has 3 rings (SSSR count). The van der Waals surface area contributed by atoms with Crippen molar-refractivity contribution in [2.45, 2.75) is 0 Å². The van der Waals surface area contributed by atoms with E-state index in [0.717, 1.165) is 5.39 Å². The van der Waals surface area contributed by atoms with Gasteiger partial charge in [0.05, 0.1) is 20.1 Å². The highest BCUT2D eigenvalue weighted by molar-refractivity contribution is 6.52. The number of fused-ring (bicyclic) bond motifs is 3. The molecule has 0 N–H and O–H groups in total. The van der Waals surface area contributed by atoms with Crippen LogP contribution in [-0.4, -0.2) is 0 Å². The van der Waals surface area contributed by atoms with E-state index in [1.807, 2.05) is 0 Å².